The second-order valence-corrected chi connectivity index (χ2v) is 15.6. The number of phenols is 2. The summed E-state index contributed by atoms with van der Waals surface area (Å²) in [5, 5.41) is 44.6. The van der Waals surface area contributed by atoms with Crippen LogP contribution in [0.3, 0.4) is 0 Å². The number of hydrogen-bond donors (Lipinski definition) is 2. The van der Waals surface area contributed by atoms with E-state index < -0.39 is 12.0 Å². The van der Waals surface area contributed by atoms with Gasteiger partial charge in [-0.1, -0.05) is 182 Å². The van der Waals surface area contributed by atoms with Crippen molar-refractivity contribution in [3.05, 3.63) is 205 Å². The van der Waals surface area contributed by atoms with Crippen LogP contribution in [0.4, 0.5) is 0 Å². The van der Waals surface area contributed by atoms with Gasteiger partial charge >= 0.3 is 0 Å². The molecule has 1 atom stereocenters. The van der Waals surface area contributed by atoms with E-state index in [-0.39, 0.29) is 35.1 Å². The molecule has 1 radical (unpaired) electrons. The number of phenolic OH excluding ortho intramolecular Hbond substituents is 2. The van der Waals surface area contributed by atoms with Gasteiger partial charge in [-0.3, -0.25) is 9.98 Å². The van der Waals surface area contributed by atoms with E-state index in [1.807, 2.05) is 140 Å². The van der Waals surface area contributed by atoms with Crippen molar-refractivity contribution in [1.82, 2.24) is 0 Å². The van der Waals surface area contributed by atoms with Crippen LogP contribution in [0.1, 0.15) is 11.1 Å². The normalized spacial score (nSPS) is 12.1. The van der Waals surface area contributed by atoms with Crippen molar-refractivity contribution in [3.63, 3.8) is 0 Å². The number of benzene rings is 10. The molecule has 10 aromatic carbocycles. The Morgan fingerprint density at radius 1 is 0.469 bits per heavy atom. The molecule has 0 aromatic heterocycles. The number of aliphatic carboxylic acids is 1. The third-order valence-corrected chi connectivity index (χ3v) is 11.8. The molecule has 0 spiro atoms. The maximum atomic E-state index is 12.7. The Balaban J connectivity index is 0.00000518. The molecule has 64 heavy (non-hydrogen) atoms. The molecule has 309 valence electrons. The molecule has 0 aliphatic rings. The molecule has 10 aromatic rings. The van der Waals surface area contributed by atoms with Crippen molar-refractivity contribution >= 4 is 61.5 Å². The fourth-order valence-electron chi connectivity index (χ4n) is 8.82. The van der Waals surface area contributed by atoms with Gasteiger partial charge in [-0.15, -0.1) is 0 Å². The number of carboxylic acid groups (broad SMARTS) is 1. The predicted molar refractivity (Wildman–Crippen MR) is 257 cm³/mol. The van der Waals surface area contributed by atoms with Gasteiger partial charge in [0.05, 0.1) is 12.5 Å². The van der Waals surface area contributed by atoms with Gasteiger partial charge in [0.25, 0.3) is 0 Å². The minimum atomic E-state index is -1.42. The standard InChI is InChI=1S/C57H40N2O4.Mn/c60-55-42(31-40-21-9-13-25-46(40)53(55)51-44-23-11-7-19-38(44)27-29-48(51)36-15-3-1-4-16-36)33-58-35-50(57(62)63)59-34-43-32-41-22-10-14-26-47(41)54(56(43)61)52-45-24-12-8-20-39(45)28-30-49(52)37-17-5-2-6-18-37;/h1-34,50,60-61H,35H2,(H,62,63);/p-1/t50-;/m1./s1. The minimum absolute atomic E-state index is 0. The van der Waals surface area contributed by atoms with E-state index in [1.54, 1.807) is 0 Å². The SMILES string of the molecule is O=C([O-])[C@@H](CN=Cc1cc2ccccc2c(-c2c(-c3ccccc3)ccc3ccccc23)c1O)N=Cc1cc2ccccc2c(-c2c(-c3ccccc3)ccc3ccccc23)c1O.[Mn]. The van der Waals surface area contributed by atoms with E-state index >= 15 is 0 Å². The van der Waals surface area contributed by atoms with Crippen LogP contribution in [0.5, 0.6) is 11.5 Å². The minimum Gasteiger partial charge on any atom is -0.548 e. The van der Waals surface area contributed by atoms with Crippen molar-refractivity contribution in [3.8, 4) is 56.0 Å². The molecule has 0 saturated carbocycles. The Labute approximate surface area is 380 Å². The molecule has 0 fully saturated rings. The van der Waals surface area contributed by atoms with Gasteiger partial charge < -0.3 is 20.1 Å². The first-order valence-electron chi connectivity index (χ1n) is 20.8. The molecule has 0 saturated heterocycles. The number of carbonyl (C=O) groups is 1. The molecule has 0 amide bonds. The van der Waals surface area contributed by atoms with Crippen LogP contribution in [-0.4, -0.2) is 41.2 Å². The van der Waals surface area contributed by atoms with Gasteiger partial charge in [0, 0.05) is 62.9 Å². The molecular weight excluding hydrogens is 832 g/mol. The van der Waals surface area contributed by atoms with E-state index in [0.717, 1.165) is 76.5 Å². The molecule has 7 heteroatoms. The quantitative estimate of drug-likeness (QED) is 0.105. The Kier molecular flexibility index (Phi) is 11.6. The fourth-order valence-corrected chi connectivity index (χ4v) is 8.82. The van der Waals surface area contributed by atoms with Gasteiger partial charge in [0.15, 0.2) is 0 Å². The number of nitrogens with zero attached hydrogens (tertiary/aromatic N) is 2. The number of hydrogen-bond acceptors (Lipinski definition) is 6. The third kappa shape index (κ3) is 7.68. The number of fused-ring (bicyclic) bond motifs is 4. The topological polar surface area (TPSA) is 105 Å². The zero-order valence-corrected chi connectivity index (χ0v) is 35.6. The fraction of sp³-hybridized carbons (Fsp3) is 0.0351. The average Bonchev–Trinajstić information content (AvgIpc) is 3.33. The van der Waals surface area contributed by atoms with E-state index in [2.05, 4.69) is 64.6 Å². The van der Waals surface area contributed by atoms with Crippen LogP contribution in [-0.2, 0) is 21.9 Å². The van der Waals surface area contributed by atoms with Crippen molar-refractivity contribution in [1.29, 1.82) is 0 Å². The first-order valence-corrected chi connectivity index (χ1v) is 20.8. The molecule has 2 N–H and O–H groups in total. The van der Waals surface area contributed by atoms with Crippen LogP contribution < -0.4 is 5.11 Å². The van der Waals surface area contributed by atoms with E-state index in [9.17, 15) is 20.1 Å². The largest absolute Gasteiger partial charge is 0.548 e. The molecular formula is C57H39MnN2O4-. The van der Waals surface area contributed by atoms with Gasteiger partial charge in [-0.05, 0) is 77.5 Å². The Hall–Kier alpha value is -7.83. The summed E-state index contributed by atoms with van der Waals surface area (Å²) in [7, 11) is 0. The smallest absolute Gasteiger partial charge is 0.132 e. The summed E-state index contributed by atoms with van der Waals surface area (Å²) in [5.41, 5.74) is 7.72. The van der Waals surface area contributed by atoms with E-state index in [1.165, 1.54) is 12.4 Å². The summed E-state index contributed by atoms with van der Waals surface area (Å²) in [6.07, 6.45) is 2.90. The van der Waals surface area contributed by atoms with Gasteiger partial charge in [0.2, 0.25) is 0 Å². The van der Waals surface area contributed by atoms with Crippen molar-refractivity contribution in [2.45, 2.75) is 6.04 Å². The van der Waals surface area contributed by atoms with Crippen molar-refractivity contribution in [2.24, 2.45) is 9.98 Å². The van der Waals surface area contributed by atoms with E-state index in [4.69, 9.17) is 0 Å². The maximum absolute atomic E-state index is 12.7. The Bertz CT molecular complexity index is 3440. The Morgan fingerprint density at radius 3 is 1.28 bits per heavy atom. The number of carboxylic acids is 1. The first-order chi connectivity index (χ1) is 30.9. The van der Waals surface area contributed by atoms with Gasteiger partial charge in [-0.2, -0.15) is 0 Å². The van der Waals surface area contributed by atoms with Crippen molar-refractivity contribution < 1.29 is 37.2 Å². The third-order valence-electron chi connectivity index (χ3n) is 11.8. The van der Waals surface area contributed by atoms with Crippen LogP contribution in [0, 0.1) is 0 Å². The van der Waals surface area contributed by atoms with Crippen LogP contribution in [0.25, 0.3) is 87.6 Å². The van der Waals surface area contributed by atoms with Crippen molar-refractivity contribution in [2.75, 3.05) is 6.54 Å². The number of aromatic hydroxyl groups is 2. The first kappa shape index (κ1) is 41.5. The molecule has 0 unspecified atom stereocenters. The average molecular weight is 871 g/mol. The molecule has 0 aliphatic heterocycles. The second-order valence-electron chi connectivity index (χ2n) is 15.6. The summed E-state index contributed by atoms with van der Waals surface area (Å²) >= 11 is 0. The summed E-state index contributed by atoms with van der Waals surface area (Å²) in [5.74, 6) is -1.42. The van der Waals surface area contributed by atoms with Crippen LogP contribution >= 0.6 is 0 Å². The summed E-state index contributed by atoms with van der Waals surface area (Å²) in [6, 6.07) is 62.7. The molecule has 6 nitrogen and oxygen atoms in total. The van der Waals surface area contributed by atoms with Crippen LogP contribution in [0.2, 0.25) is 0 Å². The molecule has 0 bridgehead atoms. The predicted octanol–water partition coefficient (Wildman–Crippen LogP) is 12.0. The summed E-state index contributed by atoms with van der Waals surface area (Å²) in [4.78, 5) is 21.7. The zero-order valence-electron chi connectivity index (χ0n) is 34.4. The zero-order chi connectivity index (χ0) is 42.9. The maximum Gasteiger partial charge on any atom is 0.132 e. The summed E-state index contributed by atoms with van der Waals surface area (Å²) < 4.78 is 0. The van der Waals surface area contributed by atoms with Crippen LogP contribution in [0.15, 0.2) is 204 Å². The number of rotatable bonds is 10. The number of aliphatic imine (C=N–C) groups is 2. The molecule has 0 heterocycles. The second kappa shape index (κ2) is 17.9. The van der Waals surface area contributed by atoms with E-state index in [0.29, 0.717) is 22.3 Å². The number of carbonyl (C=O) groups excluding carboxylic acids is 1. The molecule has 0 aliphatic carbocycles. The Morgan fingerprint density at radius 2 is 0.844 bits per heavy atom. The monoisotopic (exact) mass is 870 g/mol. The van der Waals surface area contributed by atoms with Gasteiger partial charge in [-0.25, -0.2) is 0 Å². The van der Waals surface area contributed by atoms with Gasteiger partial charge in [0.1, 0.15) is 17.5 Å². The molecule has 10 rings (SSSR count). The summed E-state index contributed by atoms with van der Waals surface area (Å²) in [6.45, 7) is -0.271.